The van der Waals surface area contributed by atoms with Gasteiger partial charge in [-0.3, -0.25) is 0 Å². The number of anilines is 1. The molecular formula is C11H11F3N2S. The molecule has 0 aliphatic carbocycles. The number of benzene rings is 1. The summed E-state index contributed by atoms with van der Waals surface area (Å²) in [5, 5.41) is 2.81. The molecule has 1 aromatic rings. The molecule has 0 unspecified atom stereocenters. The van der Waals surface area contributed by atoms with Gasteiger partial charge in [0.05, 0.1) is 11.3 Å². The second-order valence-corrected chi connectivity index (χ2v) is 4.76. The first-order valence-corrected chi connectivity index (χ1v) is 5.88. The zero-order valence-electron chi connectivity index (χ0n) is 9.06. The van der Waals surface area contributed by atoms with E-state index in [4.69, 9.17) is 5.73 Å². The zero-order chi connectivity index (χ0) is 12.6. The third-order valence-corrected chi connectivity index (χ3v) is 3.76. The average molecular weight is 260 g/mol. The van der Waals surface area contributed by atoms with Gasteiger partial charge in [0.15, 0.2) is 0 Å². The van der Waals surface area contributed by atoms with Crippen LogP contribution >= 0.6 is 11.8 Å². The van der Waals surface area contributed by atoms with Crippen LogP contribution in [0.3, 0.4) is 0 Å². The van der Waals surface area contributed by atoms with Gasteiger partial charge in [-0.05, 0) is 24.6 Å². The van der Waals surface area contributed by atoms with Gasteiger partial charge >= 0.3 is 6.18 Å². The smallest absolute Gasteiger partial charge is 0.385 e. The standard InChI is InChI=1S/C11H11F3N2S/c1-2-8-10(15)16-7-5-6(11(12,13)14)3-4-9(7)17-8/h3-5,16H,2,15H2,1H3. The van der Waals surface area contributed by atoms with Crippen molar-refractivity contribution >= 4 is 17.4 Å². The van der Waals surface area contributed by atoms with E-state index in [1.54, 1.807) is 0 Å². The lowest BCUT2D eigenvalue weighted by molar-refractivity contribution is -0.137. The molecule has 1 heterocycles. The zero-order valence-corrected chi connectivity index (χ0v) is 9.88. The predicted molar refractivity (Wildman–Crippen MR) is 62.4 cm³/mol. The summed E-state index contributed by atoms with van der Waals surface area (Å²) in [6.45, 7) is 1.95. The first-order valence-electron chi connectivity index (χ1n) is 5.06. The van der Waals surface area contributed by atoms with Crippen LogP contribution in [-0.2, 0) is 6.18 Å². The summed E-state index contributed by atoms with van der Waals surface area (Å²) in [6, 6.07) is 3.64. The molecule has 0 fully saturated rings. The molecule has 0 saturated carbocycles. The minimum Gasteiger partial charge on any atom is -0.385 e. The van der Waals surface area contributed by atoms with Crippen LogP contribution in [0, 0.1) is 0 Å². The molecule has 0 aromatic heterocycles. The minimum absolute atomic E-state index is 0.416. The van der Waals surface area contributed by atoms with Crippen LogP contribution in [-0.4, -0.2) is 0 Å². The normalized spacial score (nSPS) is 15.5. The van der Waals surface area contributed by atoms with E-state index in [1.807, 2.05) is 6.92 Å². The Balaban J connectivity index is 2.38. The van der Waals surface area contributed by atoms with E-state index >= 15 is 0 Å². The Bertz CT molecular complexity index is 480. The van der Waals surface area contributed by atoms with Crippen molar-refractivity contribution < 1.29 is 13.2 Å². The third-order valence-electron chi connectivity index (χ3n) is 2.43. The summed E-state index contributed by atoms with van der Waals surface area (Å²) in [5.41, 5.74) is 5.48. The highest BCUT2D eigenvalue weighted by atomic mass is 32.2. The predicted octanol–water partition coefficient (Wildman–Crippen LogP) is 3.76. The highest BCUT2D eigenvalue weighted by Crippen LogP contribution is 2.42. The van der Waals surface area contributed by atoms with Gasteiger partial charge in [-0.1, -0.05) is 18.7 Å². The fourth-order valence-electron chi connectivity index (χ4n) is 1.56. The van der Waals surface area contributed by atoms with Gasteiger partial charge in [0.25, 0.3) is 0 Å². The molecule has 6 heteroatoms. The van der Waals surface area contributed by atoms with Crippen molar-refractivity contribution in [3.05, 3.63) is 34.5 Å². The molecular weight excluding hydrogens is 249 g/mol. The maximum absolute atomic E-state index is 12.5. The number of thioether (sulfide) groups is 1. The number of allylic oxidation sites excluding steroid dienone is 1. The second kappa shape index (κ2) is 4.18. The van der Waals surface area contributed by atoms with E-state index in [1.165, 1.54) is 17.8 Å². The van der Waals surface area contributed by atoms with Gasteiger partial charge in [-0.2, -0.15) is 13.2 Å². The van der Waals surface area contributed by atoms with Crippen molar-refractivity contribution in [1.82, 2.24) is 0 Å². The Morgan fingerprint density at radius 2 is 2.06 bits per heavy atom. The Hall–Kier alpha value is -1.30. The third kappa shape index (κ3) is 2.36. The molecule has 92 valence electrons. The number of hydrogen-bond donors (Lipinski definition) is 2. The van der Waals surface area contributed by atoms with Crippen molar-refractivity contribution in [2.45, 2.75) is 24.4 Å². The summed E-state index contributed by atoms with van der Waals surface area (Å²) in [6.07, 6.45) is -3.57. The maximum Gasteiger partial charge on any atom is 0.416 e. The molecule has 0 radical (unpaired) electrons. The molecule has 2 nitrogen and oxygen atoms in total. The van der Waals surface area contributed by atoms with Gasteiger partial charge in [0.2, 0.25) is 0 Å². The van der Waals surface area contributed by atoms with Crippen LogP contribution in [0.5, 0.6) is 0 Å². The largest absolute Gasteiger partial charge is 0.416 e. The van der Waals surface area contributed by atoms with Crippen molar-refractivity contribution in [2.24, 2.45) is 5.73 Å². The molecule has 1 aliphatic rings. The van der Waals surface area contributed by atoms with Gasteiger partial charge in [-0.15, -0.1) is 0 Å². The highest BCUT2D eigenvalue weighted by Gasteiger charge is 2.31. The van der Waals surface area contributed by atoms with Gasteiger partial charge < -0.3 is 11.1 Å². The molecule has 0 atom stereocenters. The SMILES string of the molecule is CCC1=C(N)Nc2cc(C(F)(F)F)ccc2S1. The Morgan fingerprint density at radius 3 is 2.65 bits per heavy atom. The van der Waals surface area contributed by atoms with Crippen LogP contribution < -0.4 is 11.1 Å². The number of halogens is 3. The molecule has 0 saturated heterocycles. The van der Waals surface area contributed by atoms with Crippen molar-refractivity contribution in [2.75, 3.05) is 5.32 Å². The van der Waals surface area contributed by atoms with Gasteiger partial charge in [-0.25, -0.2) is 0 Å². The van der Waals surface area contributed by atoms with Gasteiger partial charge in [0.1, 0.15) is 5.82 Å². The van der Waals surface area contributed by atoms with E-state index in [-0.39, 0.29) is 0 Å². The lowest BCUT2D eigenvalue weighted by atomic mass is 10.2. The monoisotopic (exact) mass is 260 g/mol. The van der Waals surface area contributed by atoms with Crippen molar-refractivity contribution in [3.8, 4) is 0 Å². The lowest BCUT2D eigenvalue weighted by Gasteiger charge is -2.22. The van der Waals surface area contributed by atoms with Crippen LogP contribution in [0.2, 0.25) is 0 Å². The van der Waals surface area contributed by atoms with Crippen LogP contribution in [0.4, 0.5) is 18.9 Å². The fourth-order valence-corrected chi connectivity index (χ4v) is 2.48. The van der Waals surface area contributed by atoms with E-state index in [2.05, 4.69) is 5.32 Å². The average Bonchev–Trinajstić information content (AvgIpc) is 2.26. The van der Waals surface area contributed by atoms with Gasteiger partial charge in [0, 0.05) is 9.80 Å². The van der Waals surface area contributed by atoms with Crippen LogP contribution in [0.25, 0.3) is 0 Å². The Morgan fingerprint density at radius 1 is 1.35 bits per heavy atom. The second-order valence-electron chi connectivity index (χ2n) is 3.63. The topological polar surface area (TPSA) is 38.0 Å². The molecule has 0 bridgehead atoms. The number of hydrogen-bond acceptors (Lipinski definition) is 3. The minimum atomic E-state index is -4.33. The van der Waals surface area contributed by atoms with Crippen LogP contribution in [0.15, 0.2) is 33.8 Å². The first kappa shape index (κ1) is 12.2. The molecule has 0 spiro atoms. The van der Waals surface area contributed by atoms with Crippen molar-refractivity contribution in [3.63, 3.8) is 0 Å². The molecule has 2 rings (SSSR count). The quantitative estimate of drug-likeness (QED) is 0.807. The number of nitrogens with one attached hydrogen (secondary N) is 1. The highest BCUT2D eigenvalue weighted by molar-refractivity contribution is 8.03. The van der Waals surface area contributed by atoms with Crippen LogP contribution in [0.1, 0.15) is 18.9 Å². The van der Waals surface area contributed by atoms with Crippen molar-refractivity contribution in [1.29, 1.82) is 0 Å². The van der Waals surface area contributed by atoms with E-state index in [0.29, 0.717) is 11.5 Å². The van der Waals surface area contributed by atoms with E-state index in [9.17, 15) is 13.2 Å². The molecule has 1 aliphatic heterocycles. The maximum atomic E-state index is 12.5. The summed E-state index contributed by atoms with van der Waals surface area (Å²) in [4.78, 5) is 1.71. The molecule has 1 aromatic carbocycles. The number of fused-ring (bicyclic) bond motifs is 1. The summed E-state index contributed by atoms with van der Waals surface area (Å²) < 4.78 is 37.6. The molecule has 17 heavy (non-hydrogen) atoms. The number of alkyl halides is 3. The fraction of sp³-hybridized carbons (Fsp3) is 0.273. The molecule has 0 amide bonds. The Kier molecular flexibility index (Phi) is 2.99. The number of nitrogens with two attached hydrogens (primary N) is 1. The lowest BCUT2D eigenvalue weighted by Crippen LogP contribution is -2.16. The molecule has 3 N–H and O–H groups in total. The summed E-state index contributed by atoms with van der Waals surface area (Å²) in [7, 11) is 0. The summed E-state index contributed by atoms with van der Waals surface area (Å²) >= 11 is 1.41. The van der Waals surface area contributed by atoms with E-state index < -0.39 is 11.7 Å². The Labute approximate surface area is 101 Å². The first-order chi connectivity index (χ1) is 7.91. The van der Waals surface area contributed by atoms with E-state index in [0.717, 1.165) is 28.4 Å². The summed E-state index contributed by atoms with van der Waals surface area (Å²) in [5.74, 6) is 0.435. The number of rotatable bonds is 1.